The van der Waals surface area contributed by atoms with Gasteiger partial charge in [-0.05, 0) is 11.1 Å². The van der Waals surface area contributed by atoms with E-state index >= 15 is 0 Å². The smallest absolute Gasteiger partial charge is 0.258 e. The number of halogens is 3. The Bertz CT molecular complexity index is 1180. The molecular formula is C21H13Cl3N2O6S. The number of non-ortho nitro benzene ring substituents is 1. The van der Waals surface area contributed by atoms with Gasteiger partial charge in [0.05, 0.1) is 10.5 Å². The molecule has 0 saturated carbocycles. The lowest BCUT2D eigenvalue weighted by atomic mass is 10.0. The molecule has 12 heteroatoms. The van der Waals surface area contributed by atoms with E-state index in [1.165, 1.54) is 23.7 Å². The SMILES string of the molecule is O=[N+]([O-])c1cc(Cl)c(-[n+]2cc(-c3ccccc3)c(-c3ccccc3)s2)c(Cl)c1.[O-][Cl+3]([O-])([O-])[O-]. The van der Waals surface area contributed by atoms with Crippen molar-refractivity contribution in [3.05, 3.63) is 99.2 Å². The monoisotopic (exact) mass is 526 g/mol. The topological polar surface area (TPSA) is 139 Å². The molecule has 33 heavy (non-hydrogen) atoms. The zero-order chi connectivity index (χ0) is 24.2. The van der Waals surface area contributed by atoms with Crippen LogP contribution in [0.25, 0.3) is 27.3 Å². The van der Waals surface area contributed by atoms with Crippen LogP contribution in [0, 0.1) is 20.4 Å². The van der Waals surface area contributed by atoms with Crippen molar-refractivity contribution >= 4 is 40.4 Å². The van der Waals surface area contributed by atoms with Crippen LogP contribution in [0.1, 0.15) is 0 Å². The van der Waals surface area contributed by atoms with E-state index in [2.05, 4.69) is 0 Å². The molecule has 4 aromatic rings. The highest BCUT2D eigenvalue weighted by Crippen LogP contribution is 2.37. The summed E-state index contributed by atoms with van der Waals surface area (Å²) in [6, 6.07) is 22.7. The molecule has 0 aliphatic heterocycles. The maximum atomic E-state index is 11.1. The molecular weight excluding hydrogens is 515 g/mol. The van der Waals surface area contributed by atoms with Crippen LogP contribution in [-0.2, 0) is 0 Å². The summed E-state index contributed by atoms with van der Waals surface area (Å²) < 4.78 is 35.8. The molecule has 0 atom stereocenters. The summed E-state index contributed by atoms with van der Waals surface area (Å²) in [7, 11) is -4.94. The van der Waals surface area contributed by atoms with Gasteiger partial charge in [-0.2, -0.15) is 0 Å². The number of hydrogen-bond donors (Lipinski definition) is 0. The van der Waals surface area contributed by atoms with Crippen LogP contribution in [0.3, 0.4) is 0 Å². The number of nitro benzene ring substituents is 1. The third kappa shape index (κ3) is 6.70. The highest BCUT2D eigenvalue weighted by Gasteiger charge is 2.27. The minimum atomic E-state index is -4.94. The third-order valence-electron chi connectivity index (χ3n) is 4.23. The van der Waals surface area contributed by atoms with E-state index in [-0.39, 0.29) is 15.7 Å². The Morgan fingerprint density at radius 2 is 1.27 bits per heavy atom. The fraction of sp³-hybridized carbons (Fsp3) is 0. The number of aromatic nitrogens is 1. The van der Waals surface area contributed by atoms with Gasteiger partial charge in [-0.15, -0.1) is 10.2 Å². The average Bonchev–Trinajstić information content (AvgIpc) is 3.18. The van der Waals surface area contributed by atoms with Gasteiger partial charge in [-0.1, -0.05) is 87.8 Å². The summed E-state index contributed by atoms with van der Waals surface area (Å²) in [4.78, 5) is 11.6. The van der Waals surface area contributed by atoms with E-state index < -0.39 is 15.2 Å². The fourth-order valence-electron chi connectivity index (χ4n) is 2.95. The van der Waals surface area contributed by atoms with Crippen LogP contribution in [0.4, 0.5) is 5.69 Å². The van der Waals surface area contributed by atoms with Gasteiger partial charge in [0.2, 0.25) is 0 Å². The van der Waals surface area contributed by atoms with Crippen molar-refractivity contribution in [3.63, 3.8) is 0 Å². The van der Waals surface area contributed by atoms with Crippen LogP contribution < -0.4 is 22.6 Å². The molecule has 170 valence electrons. The van der Waals surface area contributed by atoms with E-state index in [4.69, 9.17) is 41.8 Å². The first-order valence-corrected chi connectivity index (χ1v) is 11.7. The summed E-state index contributed by atoms with van der Waals surface area (Å²) in [6.45, 7) is 0. The third-order valence-corrected chi connectivity index (χ3v) is 5.93. The standard InChI is InChI=1S/C21H13Cl2N2O2S.ClHO4/c22-18-11-16(25(26)27)12-19(23)20(18)24-13-17(14-7-3-1-4-8-14)21(28-24)15-9-5-2-6-10-15;2-1(3,4)5/h1-13H;(H,2,3,4,5)/q+1;/p-1. The quantitative estimate of drug-likeness (QED) is 0.225. The second-order valence-electron chi connectivity index (χ2n) is 6.41. The van der Waals surface area contributed by atoms with Gasteiger partial charge in [-0.25, -0.2) is 18.6 Å². The fourth-order valence-corrected chi connectivity index (χ4v) is 4.86. The molecule has 0 amide bonds. The van der Waals surface area contributed by atoms with Crippen molar-refractivity contribution in [2.45, 2.75) is 0 Å². The zero-order valence-electron chi connectivity index (χ0n) is 16.4. The number of rotatable bonds is 4. The highest BCUT2D eigenvalue weighted by atomic mass is 35.7. The Morgan fingerprint density at radius 1 is 0.818 bits per heavy atom. The molecule has 0 aliphatic carbocycles. The summed E-state index contributed by atoms with van der Waals surface area (Å²) in [5.74, 6) is 0. The largest absolute Gasteiger partial charge is 0.272 e. The van der Waals surface area contributed by atoms with Crippen LogP contribution >= 0.6 is 34.7 Å². The summed E-state index contributed by atoms with van der Waals surface area (Å²) >= 11 is 14.2. The molecule has 3 aromatic carbocycles. The molecule has 0 unspecified atom stereocenters. The second kappa shape index (κ2) is 10.6. The van der Waals surface area contributed by atoms with Crippen molar-refractivity contribution in [2.24, 2.45) is 0 Å². The Balaban J connectivity index is 0.000000555. The molecule has 4 rings (SSSR count). The van der Waals surface area contributed by atoms with E-state index in [9.17, 15) is 10.1 Å². The van der Waals surface area contributed by atoms with Crippen molar-refractivity contribution in [1.29, 1.82) is 0 Å². The van der Waals surface area contributed by atoms with Gasteiger partial charge in [0.1, 0.15) is 26.5 Å². The average molecular weight is 528 g/mol. The molecule has 0 spiro atoms. The summed E-state index contributed by atoms with van der Waals surface area (Å²) in [5.41, 5.74) is 3.55. The van der Waals surface area contributed by atoms with Crippen LogP contribution in [0.2, 0.25) is 10.0 Å². The molecule has 1 heterocycles. The molecule has 0 N–H and O–H groups in total. The minimum Gasteiger partial charge on any atom is -0.258 e. The molecule has 0 saturated heterocycles. The van der Waals surface area contributed by atoms with Crippen molar-refractivity contribution in [3.8, 4) is 27.3 Å². The molecule has 0 aliphatic rings. The molecule has 0 fully saturated rings. The lowest BCUT2D eigenvalue weighted by Crippen LogP contribution is -2.68. The van der Waals surface area contributed by atoms with E-state index in [0.717, 1.165) is 21.6 Å². The Hall–Kier alpha value is -2.60. The van der Waals surface area contributed by atoms with Crippen molar-refractivity contribution in [2.75, 3.05) is 0 Å². The zero-order valence-corrected chi connectivity index (χ0v) is 19.5. The van der Waals surface area contributed by atoms with Crippen LogP contribution in [0.15, 0.2) is 79.0 Å². The van der Waals surface area contributed by atoms with E-state index in [1.54, 1.807) is 0 Å². The van der Waals surface area contributed by atoms with Crippen molar-refractivity contribution < 1.29 is 37.8 Å². The van der Waals surface area contributed by atoms with Crippen LogP contribution in [0.5, 0.6) is 0 Å². The number of nitro groups is 1. The van der Waals surface area contributed by atoms with Crippen LogP contribution in [-0.4, -0.2) is 4.92 Å². The lowest BCUT2D eigenvalue weighted by molar-refractivity contribution is -2.00. The van der Waals surface area contributed by atoms with Gasteiger partial charge in [0.25, 0.3) is 11.4 Å². The first-order valence-electron chi connectivity index (χ1n) is 8.97. The highest BCUT2D eigenvalue weighted by molar-refractivity contribution is 7.06. The maximum Gasteiger partial charge on any atom is 0.272 e. The lowest BCUT2D eigenvalue weighted by Gasteiger charge is -2.17. The summed E-state index contributed by atoms with van der Waals surface area (Å²) in [6.07, 6.45) is 1.96. The van der Waals surface area contributed by atoms with Gasteiger partial charge in [0.15, 0.2) is 6.20 Å². The first-order chi connectivity index (χ1) is 15.5. The molecule has 1 aromatic heterocycles. The predicted molar refractivity (Wildman–Crippen MR) is 113 cm³/mol. The van der Waals surface area contributed by atoms with Gasteiger partial charge in [-0.3, -0.25) is 10.1 Å². The van der Waals surface area contributed by atoms with E-state index in [0.29, 0.717) is 5.69 Å². The molecule has 0 bridgehead atoms. The maximum absolute atomic E-state index is 11.1. The number of hydrogen-bond acceptors (Lipinski definition) is 7. The molecule has 8 nitrogen and oxygen atoms in total. The minimum absolute atomic E-state index is 0.137. The second-order valence-corrected chi connectivity index (χ2v) is 8.97. The predicted octanol–water partition coefficient (Wildman–Crippen LogP) is 1.82. The first kappa shape index (κ1) is 25.0. The number of benzene rings is 3. The molecule has 0 radical (unpaired) electrons. The van der Waals surface area contributed by atoms with Gasteiger partial charge < -0.3 is 0 Å². The van der Waals surface area contributed by atoms with E-state index in [1.807, 2.05) is 70.8 Å². The normalized spacial score (nSPS) is 11.0. The van der Waals surface area contributed by atoms with Gasteiger partial charge in [0, 0.05) is 12.1 Å². The van der Waals surface area contributed by atoms with Crippen molar-refractivity contribution in [1.82, 2.24) is 0 Å². The Morgan fingerprint density at radius 3 is 1.73 bits per heavy atom. The Kier molecular flexibility index (Phi) is 8.01. The van der Waals surface area contributed by atoms with Gasteiger partial charge >= 0.3 is 0 Å². The number of nitrogens with zero attached hydrogens (tertiary/aromatic N) is 2. The summed E-state index contributed by atoms with van der Waals surface area (Å²) in [5, 5.41) is 11.5. The Labute approximate surface area is 204 Å².